The summed E-state index contributed by atoms with van der Waals surface area (Å²) in [6.07, 6.45) is 0. The number of benzene rings is 8. The number of fused-ring (bicyclic) bond motifs is 7. The van der Waals surface area contributed by atoms with Gasteiger partial charge in [-0.05, 0) is 99.8 Å². The van der Waals surface area contributed by atoms with Crippen LogP contribution in [0, 0.1) is 0 Å². The van der Waals surface area contributed by atoms with Crippen molar-refractivity contribution in [3.8, 4) is 22.3 Å². The molecule has 10 aromatic rings. The van der Waals surface area contributed by atoms with Crippen LogP contribution in [0.1, 0.15) is 0 Å². The molecule has 0 saturated carbocycles. The van der Waals surface area contributed by atoms with Crippen LogP contribution in [0.4, 0.5) is 17.1 Å². The van der Waals surface area contributed by atoms with E-state index in [1.54, 1.807) is 0 Å². The van der Waals surface area contributed by atoms with Crippen LogP contribution < -0.4 is 4.90 Å². The van der Waals surface area contributed by atoms with Crippen molar-refractivity contribution in [3.05, 3.63) is 176 Å². The third-order valence-corrected chi connectivity index (χ3v) is 11.9. The first-order valence-corrected chi connectivity index (χ1v) is 18.2. The molecule has 0 unspecified atom stereocenters. The molecule has 8 aromatic carbocycles. The van der Waals surface area contributed by atoms with Crippen molar-refractivity contribution < 1.29 is 0 Å². The quantitative estimate of drug-likeness (QED) is 0.178. The van der Waals surface area contributed by atoms with Gasteiger partial charge in [-0.3, -0.25) is 0 Å². The molecule has 3 heteroatoms. The molecular weight excluding hydrogens is 631 g/mol. The van der Waals surface area contributed by atoms with Gasteiger partial charge in [-0.25, -0.2) is 0 Å². The molecule has 0 radical (unpaired) electrons. The normalized spacial score (nSPS) is 11.7. The van der Waals surface area contributed by atoms with Gasteiger partial charge in [0.25, 0.3) is 0 Å². The van der Waals surface area contributed by atoms with Crippen molar-refractivity contribution in [2.75, 3.05) is 4.90 Å². The molecule has 0 spiro atoms. The summed E-state index contributed by atoms with van der Waals surface area (Å²) < 4.78 is 5.25. The van der Waals surface area contributed by atoms with Crippen molar-refractivity contribution >= 4 is 90.9 Å². The Bertz CT molecular complexity index is 2840. The van der Waals surface area contributed by atoms with E-state index in [0.29, 0.717) is 0 Å². The average molecular weight is 660 g/mol. The molecular formula is C46H29NS2. The van der Waals surface area contributed by atoms with Crippen LogP contribution in [0.15, 0.2) is 176 Å². The van der Waals surface area contributed by atoms with Gasteiger partial charge < -0.3 is 4.90 Å². The topological polar surface area (TPSA) is 3.24 Å². The monoisotopic (exact) mass is 659 g/mol. The lowest BCUT2D eigenvalue weighted by Gasteiger charge is -2.26. The van der Waals surface area contributed by atoms with E-state index in [1.165, 1.54) is 73.4 Å². The van der Waals surface area contributed by atoms with E-state index in [0.717, 1.165) is 17.1 Å². The van der Waals surface area contributed by atoms with Gasteiger partial charge in [-0.2, -0.15) is 0 Å². The molecule has 49 heavy (non-hydrogen) atoms. The van der Waals surface area contributed by atoms with Crippen molar-refractivity contribution in [2.24, 2.45) is 0 Å². The van der Waals surface area contributed by atoms with Crippen molar-refractivity contribution in [2.45, 2.75) is 0 Å². The lowest BCUT2D eigenvalue weighted by atomic mass is 9.97. The minimum atomic E-state index is 1.13. The van der Waals surface area contributed by atoms with Crippen molar-refractivity contribution in [1.29, 1.82) is 0 Å². The minimum absolute atomic E-state index is 1.13. The van der Waals surface area contributed by atoms with E-state index in [-0.39, 0.29) is 0 Å². The molecule has 0 amide bonds. The summed E-state index contributed by atoms with van der Waals surface area (Å²) in [5.74, 6) is 0. The van der Waals surface area contributed by atoms with E-state index in [2.05, 4.69) is 181 Å². The van der Waals surface area contributed by atoms with Gasteiger partial charge in [0.05, 0.1) is 0 Å². The fraction of sp³-hybridized carbons (Fsp3) is 0. The smallest absolute Gasteiger partial charge is 0.0476 e. The van der Waals surface area contributed by atoms with Crippen LogP contribution in [0.5, 0.6) is 0 Å². The maximum atomic E-state index is 2.41. The summed E-state index contributed by atoms with van der Waals surface area (Å²) in [4.78, 5) is 2.41. The van der Waals surface area contributed by atoms with E-state index < -0.39 is 0 Å². The Morgan fingerprint density at radius 2 is 0.837 bits per heavy atom. The van der Waals surface area contributed by atoms with Gasteiger partial charge in [0.2, 0.25) is 0 Å². The van der Waals surface area contributed by atoms with Crippen LogP contribution >= 0.6 is 22.7 Å². The average Bonchev–Trinajstić information content (AvgIpc) is 3.73. The highest BCUT2D eigenvalue weighted by Gasteiger charge is 2.17. The Morgan fingerprint density at radius 1 is 0.286 bits per heavy atom. The fourth-order valence-corrected chi connectivity index (χ4v) is 9.43. The number of rotatable bonds is 5. The summed E-state index contributed by atoms with van der Waals surface area (Å²) in [5, 5.41) is 7.77. The van der Waals surface area contributed by atoms with Gasteiger partial charge in [-0.15, -0.1) is 22.7 Å². The van der Waals surface area contributed by atoms with Gasteiger partial charge in [0.15, 0.2) is 0 Å². The molecule has 230 valence electrons. The van der Waals surface area contributed by atoms with Gasteiger partial charge >= 0.3 is 0 Å². The number of hydrogen-bond acceptors (Lipinski definition) is 3. The molecule has 2 heterocycles. The lowest BCUT2D eigenvalue weighted by Crippen LogP contribution is -2.09. The zero-order valence-corrected chi connectivity index (χ0v) is 28.1. The number of anilines is 3. The fourth-order valence-electron chi connectivity index (χ4n) is 7.20. The second-order valence-corrected chi connectivity index (χ2v) is 14.7. The van der Waals surface area contributed by atoms with E-state index in [4.69, 9.17) is 0 Å². The molecule has 2 aromatic heterocycles. The Hall–Kier alpha value is -5.74. The summed E-state index contributed by atoms with van der Waals surface area (Å²) >= 11 is 3.72. The summed E-state index contributed by atoms with van der Waals surface area (Å²) in [5.41, 5.74) is 8.31. The largest absolute Gasteiger partial charge is 0.310 e. The van der Waals surface area contributed by atoms with Crippen LogP contribution in [0.25, 0.3) is 73.4 Å². The second-order valence-electron chi connectivity index (χ2n) is 12.6. The molecule has 0 N–H and O–H groups in total. The van der Waals surface area contributed by atoms with Gasteiger partial charge in [0, 0.05) is 57.4 Å². The Morgan fingerprint density at radius 3 is 1.65 bits per heavy atom. The van der Waals surface area contributed by atoms with E-state index in [1.807, 2.05) is 22.7 Å². The highest BCUT2D eigenvalue weighted by molar-refractivity contribution is 7.26. The third-order valence-electron chi connectivity index (χ3n) is 9.64. The first kappa shape index (κ1) is 28.3. The van der Waals surface area contributed by atoms with Crippen molar-refractivity contribution in [3.63, 3.8) is 0 Å². The van der Waals surface area contributed by atoms with Crippen molar-refractivity contribution in [1.82, 2.24) is 0 Å². The molecule has 0 aliphatic carbocycles. The second kappa shape index (κ2) is 11.5. The van der Waals surface area contributed by atoms with Gasteiger partial charge in [0.1, 0.15) is 0 Å². The van der Waals surface area contributed by atoms with Gasteiger partial charge in [-0.1, -0.05) is 109 Å². The van der Waals surface area contributed by atoms with E-state index >= 15 is 0 Å². The predicted octanol–water partition coefficient (Wildman–Crippen LogP) is 14.4. The first-order chi connectivity index (χ1) is 24.2. The Kier molecular flexibility index (Phi) is 6.61. The molecule has 0 aliphatic rings. The number of hydrogen-bond donors (Lipinski definition) is 0. The molecule has 0 fully saturated rings. The molecule has 0 saturated heterocycles. The molecule has 0 aliphatic heterocycles. The van der Waals surface area contributed by atoms with Crippen LogP contribution in [0.3, 0.4) is 0 Å². The standard InChI is InChI=1S/C46H29NS2/c1-2-9-32-27-35(17-16-30(32)8-1)34-11-7-10-33(26-34)31-18-20-36(21-19-31)47(37-23-25-45-42(28-37)40-13-4-6-15-44(40)48-45)38-22-24-41-39-12-3-5-14-43(39)49-46(41)29-38/h1-29H. The SMILES string of the molecule is c1cc(-c2ccc(N(c3ccc4c(c3)sc3ccccc34)c3ccc4sc5ccccc5c4c3)cc2)cc(-c2ccc3ccccc3c2)c1. The predicted molar refractivity (Wildman–Crippen MR) is 215 cm³/mol. The molecule has 0 atom stereocenters. The third kappa shape index (κ3) is 4.90. The minimum Gasteiger partial charge on any atom is -0.310 e. The van der Waals surface area contributed by atoms with Crippen LogP contribution in [-0.2, 0) is 0 Å². The Balaban J connectivity index is 1.08. The van der Waals surface area contributed by atoms with E-state index in [9.17, 15) is 0 Å². The van der Waals surface area contributed by atoms with Crippen LogP contribution in [0.2, 0.25) is 0 Å². The molecule has 0 bridgehead atoms. The maximum Gasteiger partial charge on any atom is 0.0476 e. The molecule has 10 rings (SSSR count). The highest BCUT2D eigenvalue weighted by atomic mass is 32.1. The number of nitrogens with zero attached hydrogens (tertiary/aromatic N) is 1. The highest BCUT2D eigenvalue weighted by Crippen LogP contribution is 2.43. The zero-order chi connectivity index (χ0) is 32.3. The summed E-state index contributed by atoms with van der Waals surface area (Å²) in [6.45, 7) is 0. The lowest BCUT2D eigenvalue weighted by molar-refractivity contribution is 1.30. The summed E-state index contributed by atoms with van der Waals surface area (Å²) in [6, 6.07) is 64.5. The Labute approximate surface area is 292 Å². The first-order valence-electron chi connectivity index (χ1n) is 16.6. The zero-order valence-electron chi connectivity index (χ0n) is 26.5. The van der Waals surface area contributed by atoms with Crippen LogP contribution in [-0.4, -0.2) is 0 Å². The molecule has 1 nitrogen and oxygen atoms in total. The maximum absolute atomic E-state index is 2.41. The number of thiophene rings is 2. The summed E-state index contributed by atoms with van der Waals surface area (Å²) in [7, 11) is 0.